The first-order valence-electron chi connectivity index (χ1n) is 12.5. The Kier molecular flexibility index (Phi) is 10.6. The van der Waals surface area contributed by atoms with Gasteiger partial charge < -0.3 is 20.3 Å². The molecule has 1 aromatic rings. The standard InChI is InChI=1S/C27H40N4O4/c1-19(2)18-22(30-26(34)35-27(3,4)5)25(33)31(17-16-28)23(20-12-8-6-9-13-20)24(32)29-21-14-10-7-11-15-21/h6,8-9,12-13,19,21-23H,7,10-11,14-15,17-18H2,1-5H3,(H,29,32)(H,30,34). The van der Waals surface area contributed by atoms with Gasteiger partial charge in [-0.05, 0) is 51.5 Å². The first-order valence-corrected chi connectivity index (χ1v) is 12.5. The van der Waals surface area contributed by atoms with E-state index in [9.17, 15) is 19.6 Å². The number of nitrogens with one attached hydrogen (secondary N) is 2. The normalized spacial score (nSPS) is 16.0. The molecule has 8 heteroatoms. The molecule has 1 aromatic carbocycles. The average Bonchev–Trinajstić information content (AvgIpc) is 2.77. The van der Waals surface area contributed by atoms with Crippen molar-refractivity contribution in [3.8, 4) is 6.07 Å². The SMILES string of the molecule is CC(C)CC(NC(=O)OC(C)(C)C)C(=O)N(CC#N)C(C(=O)NC1CCCCC1)c1ccccc1. The van der Waals surface area contributed by atoms with Gasteiger partial charge in [0.1, 0.15) is 24.2 Å². The van der Waals surface area contributed by atoms with Crippen LogP contribution in [0, 0.1) is 17.2 Å². The summed E-state index contributed by atoms with van der Waals surface area (Å²) in [6, 6.07) is 9.16. The Balaban J connectivity index is 2.37. The van der Waals surface area contributed by atoms with Crippen LogP contribution >= 0.6 is 0 Å². The van der Waals surface area contributed by atoms with Gasteiger partial charge >= 0.3 is 6.09 Å². The molecule has 0 bridgehead atoms. The Morgan fingerprint density at radius 1 is 1.11 bits per heavy atom. The van der Waals surface area contributed by atoms with Gasteiger partial charge in [-0.3, -0.25) is 9.59 Å². The lowest BCUT2D eigenvalue weighted by molar-refractivity contribution is -0.142. The topological polar surface area (TPSA) is 112 Å². The quantitative estimate of drug-likeness (QED) is 0.502. The lowest BCUT2D eigenvalue weighted by atomic mass is 9.94. The molecule has 192 valence electrons. The Morgan fingerprint density at radius 3 is 2.29 bits per heavy atom. The summed E-state index contributed by atoms with van der Waals surface area (Å²) in [6.45, 7) is 8.83. The Morgan fingerprint density at radius 2 is 1.74 bits per heavy atom. The van der Waals surface area contributed by atoms with Crippen LogP contribution in [0.3, 0.4) is 0 Å². The lowest BCUT2D eigenvalue weighted by Crippen LogP contribution is -2.54. The molecule has 0 aliphatic heterocycles. The molecular weight excluding hydrogens is 444 g/mol. The largest absolute Gasteiger partial charge is 0.444 e. The molecule has 0 spiro atoms. The van der Waals surface area contributed by atoms with Crippen molar-refractivity contribution in [3.63, 3.8) is 0 Å². The van der Waals surface area contributed by atoms with E-state index in [4.69, 9.17) is 4.74 Å². The van der Waals surface area contributed by atoms with E-state index in [1.807, 2.05) is 26.0 Å². The van der Waals surface area contributed by atoms with Crippen molar-refractivity contribution in [1.29, 1.82) is 5.26 Å². The zero-order valence-electron chi connectivity index (χ0n) is 21.7. The van der Waals surface area contributed by atoms with E-state index in [1.54, 1.807) is 45.0 Å². The number of rotatable bonds is 9. The van der Waals surface area contributed by atoms with Crippen LogP contribution < -0.4 is 10.6 Å². The summed E-state index contributed by atoms with van der Waals surface area (Å²) in [7, 11) is 0. The number of carbonyl (C=O) groups is 3. The number of carbonyl (C=O) groups excluding carboxylic acids is 3. The minimum atomic E-state index is -0.986. The van der Waals surface area contributed by atoms with Gasteiger partial charge in [-0.25, -0.2) is 4.79 Å². The zero-order chi connectivity index (χ0) is 26.0. The third kappa shape index (κ3) is 9.23. The number of amides is 3. The summed E-state index contributed by atoms with van der Waals surface area (Å²) >= 11 is 0. The summed E-state index contributed by atoms with van der Waals surface area (Å²) in [5.41, 5.74) is -0.112. The number of alkyl carbamates (subject to hydrolysis) is 1. The van der Waals surface area contributed by atoms with Crippen LogP contribution in [0.2, 0.25) is 0 Å². The van der Waals surface area contributed by atoms with E-state index in [1.165, 1.54) is 4.90 Å². The highest BCUT2D eigenvalue weighted by Gasteiger charge is 2.37. The van der Waals surface area contributed by atoms with Gasteiger partial charge in [0, 0.05) is 6.04 Å². The van der Waals surface area contributed by atoms with E-state index in [0.717, 1.165) is 32.1 Å². The highest BCUT2D eigenvalue weighted by molar-refractivity contribution is 5.92. The highest BCUT2D eigenvalue weighted by atomic mass is 16.6. The third-order valence-electron chi connectivity index (χ3n) is 5.85. The number of hydrogen-bond acceptors (Lipinski definition) is 5. The molecule has 2 N–H and O–H groups in total. The molecule has 0 radical (unpaired) electrons. The Bertz CT molecular complexity index is 883. The molecule has 0 aromatic heterocycles. The molecule has 0 saturated heterocycles. The summed E-state index contributed by atoms with van der Waals surface area (Å²) < 4.78 is 5.37. The van der Waals surface area contributed by atoms with Crippen LogP contribution in [0.1, 0.15) is 84.7 Å². The van der Waals surface area contributed by atoms with Crippen LogP contribution in [0.25, 0.3) is 0 Å². The van der Waals surface area contributed by atoms with Crippen LogP contribution in [0.4, 0.5) is 4.79 Å². The van der Waals surface area contributed by atoms with Crippen LogP contribution in [-0.4, -0.2) is 47.0 Å². The van der Waals surface area contributed by atoms with Crippen molar-refractivity contribution < 1.29 is 19.1 Å². The number of nitrogens with zero attached hydrogens (tertiary/aromatic N) is 2. The molecule has 2 atom stereocenters. The first kappa shape index (κ1) is 28.2. The molecule has 8 nitrogen and oxygen atoms in total. The monoisotopic (exact) mass is 484 g/mol. The van der Waals surface area contributed by atoms with Crippen molar-refractivity contribution in [3.05, 3.63) is 35.9 Å². The molecule has 2 rings (SSSR count). The first-order chi connectivity index (χ1) is 16.5. The fourth-order valence-corrected chi connectivity index (χ4v) is 4.35. The maximum atomic E-state index is 13.8. The van der Waals surface area contributed by atoms with Gasteiger partial charge in [0.2, 0.25) is 11.8 Å². The molecule has 35 heavy (non-hydrogen) atoms. The van der Waals surface area contributed by atoms with Crippen molar-refractivity contribution >= 4 is 17.9 Å². The summed E-state index contributed by atoms with van der Waals surface area (Å²) in [4.78, 5) is 41.2. The molecule has 0 heterocycles. The number of ether oxygens (including phenoxy) is 1. The minimum Gasteiger partial charge on any atom is -0.444 e. The molecule has 1 saturated carbocycles. The maximum Gasteiger partial charge on any atom is 0.408 e. The van der Waals surface area contributed by atoms with Crippen LogP contribution in [0.15, 0.2) is 30.3 Å². The molecular formula is C27H40N4O4. The van der Waals surface area contributed by atoms with Gasteiger partial charge in [-0.2, -0.15) is 5.26 Å². The fourth-order valence-electron chi connectivity index (χ4n) is 4.35. The predicted octanol–water partition coefficient (Wildman–Crippen LogP) is 4.47. The summed E-state index contributed by atoms with van der Waals surface area (Å²) in [5, 5.41) is 15.4. The second kappa shape index (κ2) is 13.1. The summed E-state index contributed by atoms with van der Waals surface area (Å²) in [6.07, 6.45) is 4.68. The predicted molar refractivity (Wildman–Crippen MR) is 134 cm³/mol. The van der Waals surface area contributed by atoms with E-state index in [2.05, 4.69) is 10.6 Å². The lowest BCUT2D eigenvalue weighted by Gasteiger charge is -2.34. The van der Waals surface area contributed by atoms with Crippen molar-refractivity contribution in [2.45, 2.75) is 96.9 Å². The van der Waals surface area contributed by atoms with Gasteiger partial charge in [-0.15, -0.1) is 0 Å². The molecule has 2 unspecified atom stereocenters. The smallest absolute Gasteiger partial charge is 0.408 e. The second-order valence-electron chi connectivity index (χ2n) is 10.6. The van der Waals surface area contributed by atoms with Crippen molar-refractivity contribution in [1.82, 2.24) is 15.5 Å². The third-order valence-corrected chi connectivity index (χ3v) is 5.85. The Hall–Kier alpha value is -3.08. The molecule has 1 aliphatic carbocycles. The van der Waals surface area contributed by atoms with Crippen molar-refractivity contribution in [2.24, 2.45) is 5.92 Å². The second-order valence-corrected chi connectivity index (χ2v) is 10.6. The van der Waals surface area contributed by atoms with E-state index in [0.29, 0.717) is 12.0 Å². The molecule has 3 amide bonds. The number of benzene rings is 1. The van der Waals surface area contributed by atoms with Crippen LogP contribution in [0.5, 0.6) is 0 Å². The van der Waals surface area contributed by atoms with E-state index >= 15 is 0 Å². The van der Waals surface area contributed by atoms with Gasteiger partial charge in [0.15, 0.2) is 0 Å². The minimum absolute atomic E-state index is 0.0489. The highest BCUT2D eigenvalue weighted by Crippen LogP contribution is 2.25. The van der Waals surface area contributed by atoms with E-state index < -0.39 is 29.7 Å². The molecule has 1 aliphatic rings. The average molecular weight is 485 g/mol. The Labute approximate surface area is 209 Å². The maximum absolute atomic E-state index is 13.8. The summed E-state index contributed by atoms with van der Waals surface area (Å²) in [5.74, 6) is -0.722. The number of hydrogen-bond donors (Lipinski definition) is 2. The van der Waals surface area contributed by atoms with Gasteiger partial charge in [0.25, 0.3) is 0 Å². The van der Waals surface area contributed by atoms with Crippen molar-refractivity contribution in [2.75, 3.05) is 6.54 Å². The number of nitriles is 1. The fraction of sp³-hybridized carbons (Fsp3) is 0.630. The van der Waals surface area contributed by atoms with Gasteiger partial charge in [0.05, 0.1) is 6.07 Å². The van der Waals surface area contributed by atoms with Gasteiger partial charge in [-0.1, -0.05) is 63.4 Å². The molecule has 1 fully saturated rings. The van der Waals surface area contributed by atoms with E-state index in [-0.39, 0.29) is 24.4 Å². The zero-order valence-corrected chi connectivity index (χ0v) is 21.7. The van der Waals surface area contributed by atoms with Crippen LogP contribution in [-0.2, 0) is 14.3 Å².